The first-order valence-electron chi connectivity index (χ1n) is 11.3. The van der Waals surface area contributed by atoms with Gasteiger partial charge in [-0.2, -0.15) is 0 Å². The Balaban J connectivity index is 1.74. The second-order valence-corrected chi connectivity index (χ2v) is 8.02. The number of amides is 1. The number of hydrogen-bond donors (Lipinski definition) is 0. The minimum Gasteiger partial charge on any atom is -0.496 e. The van der Waals surface area contributed by atoms with Gasteiger partial charge in [-0.15, -0.1) is 0 Å². The third kappa shape index (κ3) is 4.77. The van der Waals surface area contributed by atoms with Crippen molar-refractivity contribution in [2.24, 2.45) is 5.92 Å². The Kier molecular flexibility index (Phi) is 6.74. The second-order valence-electron chi connectivity index (χ2n) is 8.02. The first kappa shape index (κ1) is 21.9. The third-order valence-corrected chi connectivity index (χ3v) is 5.85. The van der Waals surface area contributed by atoms with Gasteiger partial charge in [-0.1, -0.05) is 30.3 Å². The smallest absolute Gasteiger partial charge is 0.225 e. The summed E-state index contributed by atoms with van der Waals surface area (Å²) in [4.78, 5) is 19.2. The maximum atomic E-state index is 12.8. The Morgan fingerprint density at radius 2 is 1.81 bits per heavy atom. The fraction of sp³-hybridized carbons (Fsp3) is 0.333. The van der Waals surface area contributed by atoms with Crippen LogP contribution in [0.1, 0.15) is 32.3 Å². The van der Waals surface area contributed by atoms with E-state index in [-0.39, 0.29) is 11.8 Å². The molecule has 0 bridgehead atoms. The van der Waals surface area contributed by atoms with E-state index >= 15 is 0 Å². The van der Waals surface area contributed by atoms with E-state index in [0.29, 0.717) is 25.6 Å². The summed E-state index contributed by atoms with van der Waals surface area (Å²) in [5, 5.41) is 0. The van der Waals surface area contributed by atoms with Crippen LogP contribution in [0.3, 0.4) is 0 Å². The van der Waals surface area contributed by atoms with Gasteiger partial charge in [0.2, 0.25) is 11.8 Å². The highest BCUT2D eigenvalue weighted by Gasteiger charge is 2.33. The summed E-state index contributed by atoms with van der Waals surface area (Å²) in [6.45, 7) is 5.84. The lowest BCUT2D eigenvalue weighted by Crippen LogP contribution is -2.31. The van der Waals surface area contributed by atoms with Crippen LogP contribution in [0, 0.1) is 5.92 Å². The Morgan fingerprint density at radius 3 is 2.47 bits per heavy atom. The van der Waals surface area contributed by atoms with Crippen LogP contribution >= 0.6 is 0 Å². The number of para-hydroxylation sites is 1. The van der Waals surface area contributed by atoms with Crippen LogP contribution in [0.2, 0.25) is 0 Å². The fourth-order valence-corrected chi connectivity index (χ4v) is 3.96. The molecule has 32 heavy (non-hydrogen) atoms. The Bertz CT molecular complexity index is 1070. The van der Waals surface area contributed by atoms with Crippen LogP contribution in [0.15, 0.2) is 60.8 Å². The van der Waals surface area contributed by atoms with E-state index in [4.69, 9.17) is 9.47 Å². The van der Waals surface area contributed by atoms with Crippen molar-refractivity contribution in [3.05, 3.63) is 66.4 Å². The molecule has 0 N–H and O–H groups in total. The number of ether oxygens (including phenoxy) is 2. The summed E-state index contributed by atoms with van der Waals surface area (Å²) < 4.78 is 11.1. The molecule has 0 radical (unpaired) electrons. The molecule has 1 heterocycles. The molecule has 4 rings (SSSR count). The van der Waals surface area contributed by atoms with Crippen molar-refractivity contribution in [2.75, 3.05) is 20.3 Å². The highest BCUT2D eigenvalue weighted by molar-refractivity contribution is 5.82. The molecule has 0 atom stereocenters. The van der Waals surface area contributed by atoms with Gasteiger partial charge in [0.05, 0.1) is 13.7 Å². The molecule has 0 aliphatic heterocycles. The van der Waals surface area contributed by atoms with E-state index in [1.54, 1.807) is 7.11 Å². The zero-order valence-electron chi connectivity index (χ0n) is 19.0. The van der Waals surface area contributed by atoms with Gasteiger partial charge >= 0.3 is 0 Å². The van der Waals surface area contributed by atoms with Crippen LogP contribution in [0.25, 0.3) is 22.3 Å². The van der Waals surface area contributed by atoms with Crippen molar-refractivity contribution in [1.29, 1.82) is 0 Å². The normalized spacial score (nSPS) is 13.0. The number of pyridine rings is 1. The molecule has 0 spiro atoms. The zero-order valence-corrected chi connectivity index (χ0v) is 19.0. The lowest BCUT2D eigenvalue weighted by molar-refractivity contribution is -0.132. The Labute approximate surface area is 190 Å². The fourth-order valence-electron chi connectivity index (χ4n) is 3.96. The maximum Gasteiger partial charge on any atom is 0.225 e. The molecule has 2 aromatic carbocycles. The van der Waals surface area contributed by atoms with Crippen molar-refractivity contribution in [3.63, 3.8) is 0 Å². The molecule has 1 aliphatic carbocycles. The molecule has 1 fully saturated rings. The van der Waals surface area contributed by atoms with Crippen LogP contribution in [0.5, 0.6) is 11.6 Å². The summed E-state index contributed by atoms with van der Waals surface area (Å²) in [6.07, 6.45) is 3.85. The molecule has 1 aromatic heterocycles. The summed E-state index contributed by atoms with van der Waals surface area (Å²) in [5.41, 5.74) is 5.27. The average Bonchev–Trinajstić information content (AvgIpc) is 3.68. The van der Waals surface area contributed by atoms with Crippen molar-refractivity contribution >= 4 is 5.91 Å². The minimum absolute atomic E-state index is 0.197. The van der Waals surface area contributed by atoms with Gasteiger partial charge in [0.15, 0.2) is 0 Å². The van der Waals surface area contributed by atoms with E-state index in [1.165, 1.54) is 0 Å². The first-order chi connectivity index (χ1) is 15.6. The predicted molar refractivity (Wildman–Crippen MR) is 127 cm³/mol. The molecule has 3 aromatic rings. The molecule has 5 heteroatoms. The quantitative estimate of drug-likeness (QED) is 0.445. The largest absolute Gasteiger partial charge is 0.496 e. The van der Waals surface area contributed by atoms with Crippen LogP contribution in [0.4, 0.5) is 0 Å². The number of aromatic nitrogens is 1. The molecule has 0 unspecified atom stereocenters. The van der Waals surface area contributed by atoms with Gasteiger partial charge < -0.3 is 14.4 Å². The summed E-state index contributed by atoms with van der Waals surface area (Å²) in [5.74, 6) is 1.89. The summed E-state index contributed by atoms with van der Waals surface area (Å²) >= 11 is 0. The van der Waals surface area contributed by atoms with E-state index < -0.39 is 0 Å². The molecule has 0 saturated heterocycles. The van der Waals surface area contributed by atoms with Crippen molar-refractivity contribution in [3.8, 4) is 33.9 Å². The van der Waals surface area contributed by atoms with Gasteiger partial charge in [-0.25, -0.2) is 4.98 Å². The molecule has 5 nitrogen and oxygen atoms in total. The third-order valence-electron chi connectivity index (χ3n) is 5.85. The predicted octanol–water partition coefficient (Wildman–Crippen LogP) is 5.58. The van der Waals surface area contributed by atoms with Crippen molar-refractivity contribution in [2.45, 2.75) is 33.2 Å². The van der Waals surface area contributed by atoms with E-state index in [0.717, 1.165) is 46.4 Å². The van der Waals surface area contributed by atoms with Crippen LogP contribution in [-0.2, 0) is 11.3 Å². The Morgan fingerprint density at radius 1 is 1.03 bits per heavy atom. The van der Waals surface area contributed by atoms with Gasteiger partial charge in [0.25, 0.3) is 0 Å². The molecule has 1 aliphatic rings. The number of nitrogens with zero attached hydrogens (tertiary/aromatic N) is 2. The van der Waals surface area contributed by atoms with E-state index in [2.05, 4.69) is 29.2 Å². The lowest BCUT2D eigenvalue weighted by atomic mass is 9.94. The highest BCUT2D eigenvalue weighted by atomic mass is 16.5. The topological polar surface area (TPSA) is 51.7 Å². The first-order valence-corrected chi connectivity index (χ1v) is 11.3. The van der Waals surface area contributed by atoms with Crippen LogP contribution < -0.4 is 9.47 Å². The average molecular weight is 431 g/mol. The SMILES string of the molecule is CCOc1ccc(-c2ccc(-c3ccccc3OC)c(CN(CC)C(=O)C3CC3)c2)cn1. The number of carbonyl (C=O) groups is 1. The van der Waals surface area contributed by atoms with Gasteiger partial charge in [-0.3, -0.25) is 4.79 Å². The van der Waals surface area contributed by atoms with Crippen LogP contribution in [-0.4, -0.2) is 36.1 Å². The van der Waals surface area contributed by atoms with Gasteiger partial charge in [-0.05, 0) is 61.6 Å². The van der Waals surface area contributed by atoms with Crippen molar-refractivity contribution in [1.82, 2.24) is 9.88 Å². The monoisotopic (exact) mass is 430 g/mol. The van der Waals surface area contributed by atoms with Gasteiger partial charge in [0.1, 0.15) is 5.75 Å². The lowest BCUT2D eigenvalue weighted by Gasteiger charge is -2.24. The maximum absolute atomic E-state index is 12.8. The standard InChI is InChI=1S/C27H30N2O3/c1-4-29(27(30)19-10-11-19)18-22-16-20(21-13-15-26(28-17-21)32-5-2)12-14-23(22)24-8-6-7-9-25(24)31-3/h6-9,12-17,19H,4-5,10-11,18H2,1-3H3. The summed E-state index contributed by atoms with van der Waals surface area (Å²) in [7, 11) is 1.69. The van der Waals surface area contributed by atoms with Gasteiger partial charge in [0, 0.05) is 42.4 Å². The molecule has 1 amide bonds. The molecule has 1 saturated carbocycles. The number of methoxy groups -OCH3 is 1. The molecule has 166 valence electrons. The summed E-state index contributed by atoms with van der Waals surface area (Å²) in [6, 6.07) is 18.3. The van der Waals surface area contributed by atoms with E-state index in [1.807, 2.05) is 55.3 Å². The number of benzene rings is 2. The number of hydrogen-bond acceptors (Lipinski definition) is 4. The molecular weight excluding hydrogens is 400 g/mol. The van der Waals surface area contributed by atoms with E-state index in [9.17, 15) is 4.79 Å². The van der Waals surface area contributed by atoms with Crippen molar-refractivity contribution < 1.29 is 14.3 Å². The second kappa shape index (κ2) is 9.86. The number of rotatable bonds is 9. The highest BCUT2D eigenvalue weighted by Crippen LogP contribution is 2.36. The molecular formula is C27H30N2O3. The minimum atomic E-state index is 0.197. The number of carbonyl (C=O) groups excluding carboxylic acids is 1. The zero-order chi connectivity index (χ0) is 22.5. The Hall–Kier alpha value is -3.34.